The summed E-state index contributed by atoms with van der Waals surface area (Å²) in [6, 6.07) is 12.7. The summed E-state index contributed by atoms with van der Waals surface area (Å²) in [5, 5.41) is 16.7. The Balaban J connectivity index is 1.38. The molecule has 0 unspecified atom stereocenters. The molecule has 34 heavy (non-hydrogen) atoms. The number of carbonyl (C=O) groups is 1. The van der Waals surface area contributed by atoms with Gasteiger partial charge in [0, 0.05) is 18.7 Å². The van der Waals surface area contributed by atoms with Crippen molar-refractivity contribution in [1.29, 1.82) is 5.26 Å². The molecule has 0 saturated heterocycles. The highest BCUT2D eigenvalue weighted by Crippen LogP contribution is 2.30. The van der Waals surface area contributed by atoms with Gasteiger partial charge in [-0.1, -0.05) is 0 Å². The third kappa shape index (κ3) is 4.58. The van der Waals surface area contributed by atoms with Crippen LogP contribution in [-0.4, -0.2) is 43.5 Å². The number of nitrogens with two attached hydrogens (primary N) is 1. The molecule has 176 valence electrons. The van der Waals surface area contributed by atoms with Crippen molar-refractivity contribution in [3.8, 4) is 11.8 Å². The first-order valence-electron chi connectivity index (χ1n) is 10.6. The van der Waals surface area contributed by atoms with E-state index in [0.29, 0.717) is 55.0 Å². The highest BCUT2D eigenvalue weighted by molar-refractivity contribution is 7.92. The van der Waals surface area contributed by atoms with Crippen molar-refractivity contribution in [2.24, 2.45) is 0 Å². The molecule has 0 radical (unpaired) electrons. The van der Waals surface area contributed by atoms with Gasteiger partial charge >= 0.3 is 0 Å². The van der Waals surface area contributed by atoms with Crippen molar-refractivity contribution < 1.29 is 17.6 Å². The number of anilines is 2. The number of aryl methyl sites for hydroxylation is 1. The van der Waals surface area contributed by atoms with E-state index in [9.17, 15) is 22.9 Å². The Kier molecular flexibility index (Phi) is 6.26. The highest BCUT2D eigenvalue weighted by Gasteiger charge is 2.26. The smallest absolute Gasteiger partial charge is 0.251 e. The standard InChI is InChI=1S/C23H23FN6O3S/c1-34(32,33)29-12-10-15-13-16(4-9-21(15)29)23(31)27-11-2-3-20-19(14-25)22(26)30(28-20)18-7-5-17(24)6-8-18/h4-9,13H,2-3,10-12,26H2,1H3,(H,27,31). The number of hydrogen-bond donors (Lipinski definition) is 2. The lowest BCUT2D eigenvalue weighted by Crippen LogP contribution is -2.27. The van der Waals surface area contributed by atoms with E-state index < -0.39 is 10.0 Å². The Labute approximate surface area is 196 Å². The summed E-state index contributed by atoms with van der Waals surface area (Å²) in [6.07, 6.45) is 2.65. The number of amides is 1. The van der Waals surface area contributed by atoms with E-state index >= 15 is 0 Å². The van der Waals surface area contributed by atoms with Crippen molar-refractivity contribution in [3.05, 3.63) is 70.7 Å². The molecule has 11 heteroatoms. The molecule has 0 aliphatic carbocycles. The van der Waals surface area contributed by atoms with E-state index in [-0.39, 0.29) is 23.1 Å². The quantitative estimate of drug-likeness (QED) is 0.496. The predicted octanol–water partition coefficient (Wildman–Crippen LogP) is 2.15. The number of sulfonamides is 1. The van der Waals surface area contributed by atoms with E-state index in [0.717, 1.165) is 11.8 Å². The van der Waals surface area contributed by atoms with Gasteiger partial charge < -0.3 is 11.1 Å². The number of hydrogen-bond acceptors (Lipinski definition) is 6. The Morgan fingerprint density at radius 3 is 2.68 bits per heavy atom. The van der Waals surface area contributed by atoms with Crippen molar-refractivity contribution in [1.82, 2.24) is 15.1 Å². The molecule has 1 aliphatic heterocycles. The van der Waals surface area contributed by atoms with Crippen molar-refractivity contribution in [2.75, 3.05) is 29.4 Å². The molecule has 0 atom stereocenters. The van der Waals surface area contributed by atoms with Gasteiger partial charge in [0.1, 0.15) is 23.3 Å². The van der Waals surface area contributed by atoms with Gasteiger partial charge in [0.05, 0.1) is 23.3 Å². The van der Waals surface area contributed by atoms with Crippen molar-refractivity contribution in [3.63, 3.8) is 0 Å². The topological polar surface area (TPSA) is 134 Å². The van der Waals surface area contributed by atoms with Crippen LogP contribution < -0.4 is 15.4 Å². The van der Waals surface area contributed by atoms with Gasteiger partial charge in [0.2, 0.25) is 10.0 Å². The van der Waals surface area contributed by atoms with Crippen LogP contribution in [0, 0.1) is 17.1 Å². The van der Waals surface area contributed by atoms with Gasteiger partial charge in [-0.15, -0.1) is 0 Å². The maximum absolute atomic E-state index is 13.2. The molecular weight excluding hydrogens is 459 g/mol. The molecule has 9 nitrogen and oxygen atoms in total. The van der Waals surface area contributed by atoms with E-state index in [2.05, 4.69) is 16.5 Å². The maximum Gasteiger partial charge on any atom is 0.251 e. The monoisotopic (exact) mass is 482 g/mol. The van der Waals surface area contributed by atoms with Crippen LogP contribution in [0.4, 0.5) is 15.9 Å². The number of benzene rings is 2. The molecular formula is C23H23FN6O3S. The Morgan fingerprint density at radius 1 is 1.26 bits per heavy atom. The zero-order chi connectivity index (χ0) is 24.5. The second kappa shape index (κ2) is 9.15. The SMILES string of the molecule is CS(=O)(=O)N1CCc2cc(C(=O)NCCCc3nn(-c4ccc(F)cc4)c(N)c3C#N)ccc21. The highest BCUT2D eigenvalue weighted by atomic mass is 32.2. The molecule has 1 aromatic heterocycles. The minimum Gasteiger partial charge on any atom is -0.382 e. The number of nitrogens with zero attached hydrogens (tertiary/aromatic N) is 4. The number of nitrogens with one attached hydrogen (secondary N) is 1. The number of rotatable bonds is 7. The Bertz CT molecular complexity index is 1390. The first-order chi connectivity index (χ1) is 16.2. The molecule has 3 aromatic rings. The summed E-state index contributed by atoms with van der Waals surface area (Å²) in [5.74, 6) is -0.478. The molecule has 0 bridgehead atoms. The summed E-state index contributed by atoms with van der Waals surface area (Å²) in [6.45, 7) is 0.716. The molecule has 0 saturated carbocycles. The van der Waals surface area contributed by atoms with Crippen LogP contribution in [-0.2, 0) is 22.9 Å². The lowest BCUT2D eigenvalue weighted by molar-refractivity contribution is 0.0953. The minimum atomic E-state index is -3.34. The van der Waals surface area contributed by atoms with Gasteiger partial charge in [-0.2, -0.15) is 10.4 Å². The predicted molar refractivity (Wildman–Crippen MR) is 126 cm³/mol. The largest absolute Gasteiger partial charge is 0.382 e. The number of fused-ring (bicyclic) bond motifs is 1. The van der Waals surface area contributed by atoms with E-state index in [1.54, 1.807) is 18.2 Å². The summed E-state index contributed by atoms with van der Waals surface area (Å²) < 4.78 is 39.7. The van der Waals surface area contributed by atoms with Crippen LogP contribution in [0.5, 0.6) is 0 Å². The first kappa shape index (κ1) is 23.3. The lowest BCUT2D eigenvalue weighted by atomic mass is 10.1. The molecule has 3 N–H and O–H groups in total. The van der Waals surface area contributed by atoms with Crippen LogP contribution >= 0.6 is 0 Å². The van der Waals surface area contributed by atoms with Crippen LogP contribution in [0.3, 0.4) is 0 Å². The number of nitrogen functional groups attached to an aromatic ring is 1. The zero-order valence-corrected chi connectivity index (χ0v) is 19.3. The number of aromatic nitrogens is 2. The average Bonchev–Trinajstić information content (AvgIpc) is 3.37. The zero-order valence-electron chi connectivity index (χ0n) is 18.5. The summed E-state index contributed by atoms with van der Waals surface area (Å²) in [7, 11) is -3.34. The number of nitriles is 1. The second-order valence-corrected chi connectivity index (χ2v) is 9.90. The molecule has 1 amide bonds. The summed E-state index contributed by atoms with van der Waals surface area (Å²) in [4.78, 5) is 12.6. The first-order valence-corrected chi connectivity index (χ1v) is 12.5. The van der Waals surface area contributed by atoms with Crippen LogP contribution in [0.2, 0.25) is 0 Å². The molecule has 2 aromatic carbocycles. The van der Waals surface area contributed by atoms with Crippen LogP contribution in [0.25, 0.3) is 5.69 Å². The van der Waals surface area contributed by atoms with Gasteiger partial charge in [-0.3, -0.25) is 9.10 Å². The van der Waals surface area contributed by atoms with Gasteiger partial charge in [0.25, 0.3) is 5.91 Å². The van der Waals surface area contributed by atoms with Crippen molar-refractivity contribution >= 4 is 27.4 Å². The summed E-state index contributed by atoms with van der Waals surface area (Å²) in [5.41, 5.74) is 9.24. The molecule has 0 spiro atoms. The number of halogens is 1. The molecule has 0 fully saturated rings. The molecule has 4 rings (SSSR count). The number of carbonyl (C=O) groups excluding carboxylic acids is 1. The van der Waals surface area contributed by atoms with Crippen LogP contribution in [0.1, 0.15) is 33.6 Å². The van der Waals surface area contributed by atoms with Gasteiger partial charge in [-0.25, -0.2) is 17.5 Å². The third-order valence-electron chi connectivity index (χ3n) is 5.65. The van der Waals surface area contributed by atoms with Gasteiger partial charge in [-0.05, 0) is 67.3 Å². The minimum absolute atomic E-state index is 0.175. The molecule has 2 heterocycles. The Morgan fingerprint density at radius 2 is 2.00 bits per heavy atom. The molecule has 1 aliphatic rings. The summed E-state index contributed by atoms with van der Waals surface area (Å²) >= 11 is 0. The van der Waals surface area contributed by atoms with E-state index in [1.165, 1.54) is 33.3 Å². The lowest BCUT2D eigenvalue weighted by Gasteiger charge is -2.16. The van der Waals surface area contributed by atoms with E-state index in [4.69, 9.17) is 5.73 Å². The fraction of sp³-hybridized carbons (Fsp3) is 0.261. The van der Waals surface area contributed by atoms with Crippen molar-refractivity contribution in [2.45, 2.75) is 19.3 Å². The fourth-order valence-corrected chi connectivity index (χ4v) is 4.93. The third-order valence-corrected chi connectivity index (χ3v) is 6.83. The average molecular weight is 483 g/mol. The fourth-order valence-electron chi connectivity index (χ4n) is 3.97. The maximum atomic E-state index is 13.2. The van der Waals surface area contributed by atoms with Crippen LogP contribution in [0.15, 0.2) is 42.5 Å². The Hall–Kier alpha value is -3.91. The second-order valence-electron chi connectivity index (χ2n) is 8.00. The normalized spacial score (nSPS) is 12.9. The van der Waals surface area contributed by atoms with E-state index in [1.807, 2.05) is 0 Å². The van der Waals surface area contributed by atoms with Gasteiger partial charge in [0.15, 0.2) is 0 Å².